The van der Waals surface area contributed by atoms with Crippen molar-refractivity contribution in [3.8, 4) is 0 Å². The van der Waals surface area contributed by atoms with E-state index in [0.29, 0.717) is 18.4 Å². The van der Waals surface area contributed by atoms with E-state index in [1.807, 2.05) is 6.07 Å². The average Bonchev–Trinajstić information content (AvgIpc) is 2.77. The van der Waals surface area contributed by atoms with Crippen LogP contribution in [0.1, 0.15) is 49.4 Å². The predicted octanol–water partition coefficient (Wildman–Crippen LogP) is 4.86. The highest BCUT2D eigenvalue weighted by atomic mass is 19.1. The van der Waals surface area contributed by atoms with Crippen molar-refractivity contribution in [2.75, 3.05) is 26.2 Å². The summed E-state index contributed by atoms with van der Waals surface area (Å²) in [6.07, 6.45) is 3.68. The number of likely N-dealkylation sites (tertiary alicyclic amines) is 1. The number of halogens is 1. The predicted molar refractivity (Wildman–Crippen MR) is 119 cm³/mol. The third-order valence-electron chi connectivity index (χ3n) is 6.79. The van der Waals surface area contributed by atoms with Gasteiger partial charge in [0.15, 0.2) is 0 Å². The second kappa shape index (κ2) is 9.30. The highest BCUT2D eigenvalue weighted by molar-refractivity contribution is 5.80. The first kappa shape index (κ1) is 21.0. The fraction of sp³-hybridized carbons (Fsp3) is 0.500. The summed E-state index contributed by atoms with van der Waals surface area (Å²) in [6.45, 7) is 8.07. The van der Waals surface area contributed by atoms with Gasteiger partial charge < -0.3 is 9.80 Å². The molecule has 30 heavy (non-hydrogen) atoms. The SMILES string of the molecule is CC(C)C1c2ccc(F)cc2CCN1C(=O)C1CCN(CCc2ccccc2)CC1. The zero-order chi connectivity index (χ0) is 21.1. The van der Waals surface area contributed by atoms with E-state index in [1.54, 1.807) is 6.07 Å². The minimum atomic E-state index is -0.182. The molecule has 1 saturated heterocycles. The van der Waals surface area contributed by atoms with Crippen molar-refractivity contribution in [3.05, 3.63) is 71.0 Å². The van der Waals surface area contributed by atoms with Crippen LogP contribution in [0.3, 0.4) is 0 Å². The van der Waals surface area contributed by atoms with Crippen molar-refractivity contribution in [1.82, 2.24) is 9.80 Å². The quantitative estimate of drug-likeness (QED) is 0.705. The number of amides is 1. The molecule has 4 rings (SSSR count). The fourth-order valence-corrected chi connectivity index (χ4v) is 5.16. The first-order chi connectivity index (χ1) is 14.5. The molecule has 0 N–H and O–H groups in total. The number of carbonyl (C=O) groups is 1. The zero-order valence-electron chi connectivity index (χ0n) is 18.2. The highest BCUT2D eigenvalue weighted by Gasteiger charge is 2.37. The van der Waals surface area contributed by atoms with Gasteiger partial charge in [0.05, 0.1) is 6.04 Å². The molecule has 0 spiro atoms. The molecular formula is C26H33FN2O. The molecule has 1 unspecified atom stereocenters. The smallest absolute Gasteiger partial charge is 0.226 e. The fourth-order valence-electron chi connectivity index (χ4n) is 5.16. The van der Waals surface area contributed by atoms with Crippen LogP contribution in [-0.2, 0) is 17.6 Å². The zero-order valence-corrected chi connectivity index (χ0v) is 18.2. The lowest BCUT2D eigenvalue weighted by Gasteiger charge is -2.42. The first-order valence-corrected chi connectivity index (χ1v) is 11.4. The molecule has 0 radical (unpaired) electrons. The molecule has 0 aliphatic carbocycles. The van der Waals surface area contributed by atoms with Crippen LogP contribution < -0.4 is 0 Å². The number of hydrogen-bond donors (Lipinski definition) is 0. The van der Waals surface area contributed by atoms with E-state index in [4.69, 9.17) is 0 Å². The summed E-state index contributed by atoms with van der Waals surface area (Å²) in [4.78, 5) is 18.0. The van der Waals surface area contributed by atoms with Crippen LogP contribution in [0.4, 0.5) is 4.39 Å². The third kappa shape index (κ3) is 4.59. The molecule has 2 aromatic rings. The van der Waals surface area contributed by atoms with Crippen LogP contribution in [0.25, 0.3) is 0 Å². The van der Waals surface area contributed by atoms with E-state index in [9.17, 15) is 9.18 Å². The number of piperidine rings is 1. The van der Waals surface area contributed by atoms with Gasteiger partial charge in [-0.15, -0.1) is 0 Å². The Bertz CT molecular complexity index is 859. The molecular weight excluding hydrogens is 375 g/mol. The van der Waals surface area contributed by atoms with Crippen molar-refractivity contribution in [2.45, 2.75) is 45.6 Å². The Labute approximate surface area is 179 Å². The molecule has 2 heterocycles. The third-order valence-corrected chi connectivity index (χ3v) is 6.79. The van der Waals surface area contributed by atoms with Crippen LogP contribution in [0.5, 0.6) is 0 Å². The molecule has 3 nitrogen and oxygen atoms in total. The Hall–Kier alpha value is -2.20. The van der Waals surface area contributed by atoms with Crippen LogP contribution in [0.2, 0.25) is 0 Å². The monoisotopic (exact) mass is 408 g/mol. The molecule has 2 aliphatic rings. The topological polar surface area (TPSA) is 23.6 Å². The van der Waals surface area contributed by atoms with Crippen molar-refractivity contribution in [2.24, 2.45) is 11.8 Å². The van der Waals surface area contributed by atoms with Crippen LogP contribution >= 0.6 is 0 Å². The van der Waals surface area contributed by atoms with Gasteiger partial charge in [-0.2, -0.15) is 0 Å². The molecule has 0 aromatic heterocycles. The van der Waals surface area contributed by atoms with E-state index < -0.39 is 0 Å². The van der Waals surface area contributed by atoms with E-state index in [-0.39, 0.29) is 17.8 Å². The highest BCUT2D eigenvalue weighted by Crippen LogP contribution is 2.37. The Morgan fingerprint density at radius 1 is 1.07 bits per heavy atom. The minimum absolute atomic E-state index is 0.0537. The van der Waals surface area contributed by atoms with Crippen molar-refractivity contribution < 1.29 is 9.18 Å². The van der Waals surface area contributed by atoms with E-state index in [2.05, 4.69) is 54.0 Å². The van der Waals surface area contributed by atoms with Crippen molar-refractivity contribution in [3.63, 3.8) is 0 Å². The molecule has 1 amide bonds. The van der Waals surface area contributed by atoms with Gasteiger partial charge in [-0.1, -0.05) is 50.2 Å². The average molecular weight is 409 g/mol. The second-order valence-corrected chi connectivity index (χ2v) is 9.17. The summed E-state index contributed by atoms with van der Waals surface area (Å²) < 4.78 is 13.7. The number of fused-ring (bicyclic) bond motifs is 1. The molecule has 2 aromatic carbocycles. The number of hydrogen-bond acceptors (Lipinski definition) is 2. The number of rotatable bonds is 5. The molecule has 160 valence electrons. The summed E-state index contributed by atoms with van der Waals surface area (Å²) in [7, 11) is 0. The number of benzene rings is 2. The summed E-state index contributed by atoms with van der Waals surface area (Å²) in [5, 5.41) is 0. The van der Waals surface area contributed by atoms with Crippen molar-refractivity contribution in [1.29, 1.82) is 0 Å². The molecule has 1 atom stereocenters. The van der Waals surface area contributed by atoms with Gasteiger partial charge in [-0.25, -0.2) is 4.39 Å². The Morgan fingerprint density at radius 3 is 2.50 bits per heavy atom. The molecule has 0 saturated carbocycles. The second-order valence-electron chi connectivity index (χ2n) is 9.17. The lowest BCUT2D eigenvalue weighted by Crippen LogP contribution is -2.47. The van der Waals surface area contributed by atoms with Crippen LogP contribution in [0.15, 0.2) is 48.5 Å². The van der Waals surface area contributed by atoms with Gasteiger partial charge in [-0.3, -0.25) is 4.79 Å². The summed E-state index contributed by atoms with van der Waals surface area (Å²) in [5.74, 6) is 0.538. The minimum Gasteiger partial charge on any atom is -0.335 e. The molecule has 2 aliphatic heterocycles. The Morgan fingerprint density at radius 2 is 1.80 bits per heavy atom. The van der Waals surface area contributed by atoms with E-state index in [1.165, 1.54) is 11.6 Å². The van der Waals surface area contributed by atoms with E-state index in [0.717, 1.165) is 56.4 Å². The summed E-state index contributed by atoms with van der Waals surface area (Å²) in [6, 6.07) is 15.7. The molecule has 1 fully saturated rings. The van der Waals surface area contributed by atoms with Gasteiger partial charge >= 0.3 is 0 Å². The largest absolute Gasteiger partial charge is 0.335 e. The summed E-state index contributed by atoms with van der Waals surface area (Å²) >= 11 is 0. The van der Waals surface area contributed by atoms with Gasteiger partial charge in [-0.05, 0) is 73.5 Å². The maximum absolute atomic E-state index is 13.7. The Kier molecular flexibility index (Phi) is 6.52. The maximum atomic E-state index is 13.7. The first-order valence-electron chi connectivity index (χ1n) is 11.4. The van der Waals surface area contributed by atoms with Gasteiger partial charge in [0.1, 0.15) is 5.82 Å². The maximum Gasteiger partial charge on any atom is 0.226 e. The molecule has 0 bridgehead atoms. The van der Waals surface area contributed by atoms with E-state index >= 15 is 0 Å². The van der Waals surface area contributed by atoms with Crippen LogP contribution in [-0.4, -0.2) is 41.9 Å². The number of nitrogens with zero attached hydrogens (tertiary/aromatic N) is 2. The normalized spacial score (nSPS) is 20.4. The molecule has 4 heteroatoms. The standard InChI is InChI=1S/C26H33FN2O/c1-19(2)25-24-9-8-23(27)18-22(24)13-17-29(25)26(30)21-11-15-28(16-12-21)14-10-20-6-4-3-5-7-20/h3-9,18-19,21,25H,10-17H2,1-2H3. The van der Waals surface area contributed by atoms with Crippen LogP contribution in [0, 0.1) is 17.7 Å². The lowest BCUT2D eigenvalue weighted by molar-refractivity contribution is -0.141. The lowest BCUT2D eigenvalue weighted by atomic mass is 9.84. The Balaban J connectivity index is 1.37. The summed E-state index contributed by atoms with van der Waals surface area (Å²) in [5.41, 5.74) is 3.57. The van der Waals surface area contributed by atoms with Gasteiger partial charge in [0, 0.05) is 19.0 Å². The van der Waals surface area contributed by atoms with Gasteiger partial charge in [0.25, 0.3) is 0 Å². The van der Waals surface area contributed by atoms with Gasteiger partial charge in [0.2, 0.25) is 5.91 Å². The number of carbonyl (C=O) groups excluding carboxylic acids is 1. The van der Waals surface area contributed by atoms with Crippen molar-refractivity contribution >= 4 is 5.91 Å².